The highest BCUT2D eigenvalue weighted by atomic mass is 79.9. The van der Waals surface area contributed by atoms with Crippen LogP contribution in [0.25, 0.3) is 0 Å². The predicted octanol–water partition coefficient (Wildman–Crippen LogP) is 3.14. The largest absolute Gasteiger partial charge is 0.314 e. The van der Waals surface area contributed by atoms with Crippen molar-refractivity contribution >= 4 is 28.3 Å². The molecule has 18 heavy (non-hydrogen) atoms. The molecule has 1 heterocycles. The highest BCUT2D eigenvalue weighted by Crippen LogP contribution is 2.29. The van der Waals surface area contributed by atoms with Gasteiger partial charge in [-0.25, -0.2) is 4.39 Å². The Hall–Kier alpha value is -0.420. The first-order valence-electron chi connectivity index (χ1n) is 5.74. The van der Waals surface area contributed by atoms with Gasteiger partial charge in [-0.15, -0.1) is 19.0 Å². The summed E-state index contributed by atoms with van der Waals surface area (Å²) in [7, 11) is 0. The van der Waals surface area contributed by atoms with Crippen LogP contribution in [-0.4, -0.2) is 31.1 Å². The topological polar surface area (TPSA) is 15.3 Å². The first kappa shape index (κ1) is 15.6. The second kappa shape index (κ2) is 7.24. The van der Waals surface area contributed by atoms with Gasteiger partial charge in [0.1, 0.15) is 5.82 Å². The Bertz CT molecular complexity index is 408. The lowest BCUT2D eigenvalue weighted by Crippen LogP contribution is -2.44. The second-order valence-corrected chi connectivity index (χ2v) is 4.99. The van der Waals surface area contributed by atoms with Crippen molar-refractivity contribution < 1.29 is 4.39 Å². The number of benzene rings is 1. The van der Waals surface area contributed by atoms with E-state index >= 15 is 0 Å². The SMILES string of the molecule is C=C[C@@H](c1cc(F)ccc1Br)N1CCNCC1.Cl. The van der Waals surface area contributed by atoms with Crippen LogP contribution in [0, 0.1) is 5.82 Å². The molecule has 100 valence electrons. The molecule has 0 amide bonds. The fourth-order valence-electron chi connectivity index (χ4n) is 2.17. The molecular weight excluding hydrogens is 319 g/mol. The third-order valence-electron chi connectivity index (χ3n) is 3.04. The molecule has 1 fully saturated rings. The van der Waals surface area contributed by atoms with Crippen molar-refractivity contribution in [1.29, 1.82) is 0 Å². The fraction of sp³-hybridized carbons (Fsp3) is 0.385. The van der Waals surface area contributed by atoms with Crippen LogP contribution in [0.4, 0.5) is 4.39 Å². The van der Waals surface area contributed by atoms with Crippen molar-refractivity contribution in [3.8, 4) is 0 Å². The zero-order chi connectivity index (χ0) is 12.3. The maximum atomic E-state index is 13.3. The van der Waals surface area contributed by atoms with Crippen LogP contribution in [0.1, 0.15) is 11.6 Å². The van der Waals surface area contributed by atoms with Crippen molar-refractivity contribution in [2.75, 3.05) is 26.2 Å². The zero-order valence-electron chi connectivity index (χ0n) is 10.0. The summed E-state index contributed by atoms with van der Waals surface area (Å²) in [5.41, 5.74) is 0.946. The van der Waals surface area contributed by atoms with Crippen LogP contribution < -0.4 is 5.32 Å². The molecule has 0 aromatic heterocycles. The van der Waals surface area contributed by atoms with Gasteiger partial charge in [0.25, 0.3) is 0 Å². The molecule has 2 nitrogen and oxygen atoms in total. The van der Waals surface area contributed by atoms with Crippen molar-refractivity contribution in [1.82, 2.24) is 10.2 Å². The molecule has 1 aliphatic heterocycles. The van der Waals surface area contributed by atoms with Gasteiger partial charge < -0.3 is 5.32 Å². The number of hydrogen-bond acceptors (Lipinski definition) is 2. The molecule has 1 aliphatic rings. The van der Waals surface area contributed by atoms with Gasteiger partial charge in [0.15, 0.2) is 0 Å². The average molecular weight is 336 g/mol. The molecule has 1 aromatic carbocycles. The van der Waals surface area contributed by atoms with Crippen LogP contribution in [0.2, 0.25) is 0 Å². The monoisotopic (exact) mass is 334 g/mol. The van der Waals surface area contributed by atoms with Gasteiger partial charge in [-0.05, 0) is 23.8 Å². The van der Waals surface area contributed by atoms with Crippen molar-refractivity contribution in [2.24, 2.45) is 0 Å². The van der Waals surface area contributed by atoms with E-state index in [1.807, 2.05) is 6.08 Å². The van der Waals surface area contributed by atoms with Crippen molar-refractivity contribution in [3.05, 3.63) is 46.7 Å². The first-order chi connectivity index (χ1) is 8.22. The number of nitrogens with one attached hydrogen (secondary N) is 1. The molecule has 1 aromatic rings. The minimum absolute atomic E-state index is 0. The number of halogens is 3. The van der Waals surface area contributed by atoms with Gasteiger partial charge in [-0.2, -0.15) is 0 Å². The van der Waals surface area contributed by atoms with Crippen LogP contribution in [0.5, 0.6) is 0 Å². The van der Waals surface area contributed by atoms with E-state index in [0.29, 0.717) is 0 Å². The Balaban J connectivity index is 0.00000162. The summed E-state index contributed by atoms with van der Waals surface area (Å²) in [5.74, 6) is -0.204. The summed E-state index contributed by atoms with van der Waals surface area (Å²) < 4.78 is 14.3. The van der Waals surface area contributed by atoms with E-state index in [4.69, 9.17) is 0 Å². The van der Waals surface area contributed by atoms with Gasteiger partial charge in [-0.1, -0.05) is 22.0 Å². The number of rotatable bonds is 3. The molecule has 0 radical (unpaired) electrons. The van der Waals surface area contributed by atoms with Gasteiger partial charge in [-0.3, -0.25) is 4.90 Å². The lowest BCUT2D eigenvalue weighted by Gasteiger charge is -2.33. The van der Waals surface area contributed by atoms with Crippen molar-refractivity contribution in [2.45, 2.75) is 6.04 Å². The van der Waals surface area contributed by atoms with E-state index in [1.54, 1.807) is 12.1 Å². The molecule has 0 bridgehead atoms. The summed E-state index contributed by atoms with van der Waals surface area (Å²) in [4.78, 5) is 2.31. The Morgan fingerprint density at radius 3 is 2.67 bits per heavy atom. The van der Waals surface area contributed by atoms with E-state index in [0.717, 1.165) is 36.2 Å². The van der Waals surface area contributed by atoms with Gasteiger partial charge in [0, 0.05) is 30.7 Å². The van der Waals surface area contributed by atoms with Crippen molar-refractivity contribution in [3.63, 3.8) is 0 Å². The number of nitrogens with zero attached hydrogens (tertiary/aromatic N) is 1. The van der Waals surface area contributed by atoms with E-state index in [2.05, 4.69) is 32.7 Å². The van der Waals surface area contributed by atoms with E-state index in [1.165, 1.54) is 6.07 Å². The van der Waals surface area contributed by atoms with Crippen LogP contribution in [0.3, 0.4) is 0 Å². The fourth-order valence-corrected chi connectivity index (χ4v) is 2.66. The lowest BCUT2D eigenvalue weighted by molar-refractivity contribution is 0.203. The minimum atomic E-state index is -0.204. The van der Waals surface area contributed by atoms with E-state index in [9.17, 15) is 4.39 Å². The highest BCUT2D eigenvalue weighted by molar-refractivity contribution is 9.10. The Morgan fingerprint density at radius 2 is 2.06 bits per heavy atom. The number of piperazine rings is 1. The second-order valence-electron chi connectivity index (χ2n) is 4.13. The van der Waals surface area contributed by atoms with Crippen LogP contribution in [0.15, 0.2) is 35.3 Å². The highest BCUT2D eigenvalue weighted by Gasteiger charge is 2.21. The predicted molar refractivity (Wildman–Crippen MR) is 78.7 cm³/mol. The summed E-state index contributed by atoms with van der Waals surface area (Å²) in [6, 6.07) is 4.87. The summed E-state index contributed by atoms with van der Waals surface area (Å²) in [5, 5.41) is 3.31. The van der Waals surface area contributed by atoms with Crippen LogP contribution >= 0.6 is 28.3 Å². The third-order valence-corrected chi connectivity index (χ3v) is 3.77. The zero-order valence-corrected chi connectivity index (χ0v) is 12.4. The molecule has 0 spiro atoms. The van der Waals surface area contributed by atoms with Gasteiger partial charge in [0.05, 0.1) is 6.04 Å². The molecule has 5 heteroatoms. The lowest BCUT2D eigenvalue weighted by atomic mass is 10.0. The third kappa shape index (κ3) is 3.54. The summed E-state index contributed by atoms with van der Waals surface area (Å²) in [6.45, 7) is 7.73. The number of hydrogen-bond donors (Lipinski definition) is 1. The molecule has 0 saturated carbocycles. The van der Waals surface area contributed by atoms with Gasteiger partial charge >= 0.3 is 0 Å². The minimum Gasteiger partial charge on any atom is -0.314 e. The Kier molecular flexibility index (Phi) is 6.29. The van der Waals surface area contributed by atoms with Crippen LogP contribution in [-0.2, 0) is 0 Å². The van der Waals surface area contributed by atoms with E-state index < -0.39 is 0 Å². The van der Waals surface area contributed by atoms with Gasteiger partial charge in [0.2, 0.25) is 0 Å². The quantitative estimate of drug-likeness (QED) is 0.854. The molecule has 2 rings (SSSR count). The normalized spacial score (nSPS) is 17.9. The maximum Gasteiger partial charge on any atom is 0.123 e. The first-order valence-corrected chi connectivity index (χ1v) is 6.54. The Morgan fingerprint density at radius 1 is 1.39 bits per heavy atom. The standard InChI is InChI=1S/C13H16BrFN2.ClH/c1-2-13(17-7-5-16-6-8-17)11-9-10(15)3-4-12(11)14;/h2-4,9,13,16H,1,5-8H2;1H/t13-;/m0./s1. The smallest absolute Gasteiger partial charge is 0.123 e. The average Bonchev–Trinajstić information content (AvgIpc) is 2.36. The summed E-state index contributed by atoms with van der Waals surface area (Å²) >= 11 is 3.48. The molecule has 0 aliphatic carbocycles. The molecular formula is C13H17BrClFN2. The maximum absolute atomic E-state index is 13.3. The summed E-state index contributed by atoms with van der Waals surface area (Å²) in [6.07, 6.45) is 1.88. The molecule has 0 unspecified atom stereocenters. The molecule has 1 saturated heterocycles. The van der Waals surface area contributed by atoms with E-state index in [-0.39, 0.29) is 24.3 Å². The molecule has 1 N–H and O–H groups in total. The Labute approximate surface area is 122 Å². The molecule has 1 atom stereocenters.